The zero-order valence-corrected chi connectivity index (χ0v) is 19.5. The molecule has 0 atom stereocenters. The molecule has 1 amide bonds. The lowest BCUT2D eigenvalue weighted by molar-refractivity contribution is -0.116. The van der Waals surface area contributed by atoms with E-state index < -0.39 is 10.0 Å². The molecule has 0 bridgehead atoms. The van der Waals surface area contributed by atoms with E-state index in [1.54, 1.807) is 30.3 Å². The first-order valence-corrected chi connectivity index (χ1v) is 12.3. The normalized spacial score (nSPS) is 11.1. The number of sulfonamides is 1. The fourth-order valence-corrected chi connectivity index (χ4v) is 4.40. The molecule has 0 aliphatic carbocycles. The van der Waals surface area contributed by atoms with Crippen LogP contribution in [0.3, 0.4) is 0 Å². The van der Waals surface area contributed by atoms with Crippen LogP contribution < -0.4 is 14.4 Å². The van der Waals surface area contributed by atoms with Gasteiger partial charge < -0.3 is 10.1 Å². The van der Waals surface area contributed by atoms with Gasteiger partial charge in [-0.15, -0.1) is 0 Å². The van der Waals surface area contributed by atoms with Crippen molar-refractivity contribution in [2.45, 2.75) is 19.8 Å². The monoisotopic (exact) mass is 472 g/mol. The fourth-order valence-electron chi connectivity index (χ4n) is 3.21. The first kappa shape index (κ1) is 23.6. The molecule has 0 heterocycles. The number of hydrogen-bond acceptors (Lipinski definition) is 4. The van der Waals surface area contributed by atoms with Gasteiger partial charge in [0.2, 0.25) is 15.9 Å². The average molecular weight is 473 g/mol. The molecular weight excluding hydrogens is 448 g/mol. The average Bonchev–Trinajstić information content (AvgIpc) is 2.74. The molecule has 0 saturated heterocycles. The first-order valence-electron chi connectivity index (χ1n) is 10.1. The highest BCUT2D eigenvalue weighted by Crippen LogP contribution is 2.32. The maximum absolute atomic E-state index is 12.6. The Morgan fingerprint density at radius 3 is 2.41 bits per heavy atom. The van der Waals surface area contributed by atoms with Crippen LogP contribution in [0.25, 0.3) is 0 Å². The molecule has 8 heteroatoms. The van der Waals surface area contributed by atoms with Crippen LogP contribution in [0.15, 0.2) is 72.8 Å². The van der Waals surface area contributed by atoms with E-state index in [9.17, 15) is 13.2 Å². The minimum Gasteiger partial charge on any atom is -0.455 e. The van der Waals surface area contributed by atoms with Gasteiger partial charge >= 0.3 is 0 Å². The number of para-hydroxylation sites is 2. The van der Waals surface area contributed by atoms with Crippen molar-refractivity contribution in [2.24, 2.45) is 0 Å². The Hall–Kier alpha value is -3.03. The summed E-state index contributed by atoms with van der Waals surface area (Å²) in [7, 11) is -3.48. The summed E-state index contributed by atoms with van der Waals surface area (Å²) in [6.07, 6.45) is 1.65. The van der Waals surface area contributed by atoms with Gasteiger partial charge in [0.25, 0.3) is 0 Å². The SMILES string of the molecule is Cc1ccccc1N(CCCC(=O)Nc1cc(Cl)ccc1Oc1ccccc1)S(C)(=O)=O. The van der Waals surface area contributed by atoms with Crippen molar-refractivity contribution in [1.29, 1.82) is 0 Å². The highest BCUT2D eigenvalue weighted by Gasteiger charge is 2.19. The number of nitrogens with one attached hydrogen (secondary N) is 1. The smallest absolute Gasteiger partial charge is 0.232 e. The van der Waals surface area contributed by atoms with Crippen LogP contribution >= 0.6 is 11.6 Å². The predicted molar refractivity (Wildman–Crippen MR) is 129 cm³/mol. The number of ether oxygens (including phenoxy) is 1. The van der Waals surface area contributed by atoms with Crippen LogP contribution in [-0.4, -0.2) is 27.1 Å². The summed E-state index contributed by atoms with van der Waals surface area (Å²) in [5.41, 5.74) is 1.91. The number of hydrogen-bond donors (Lipinski definition) is 1. The molecule has 0 aliphatic rings. The van der Waals surface area contributed by atoms with E-state index in [0.29, 0.717) is 34.3 Å². The highest BCUT2D eigenvalue weighted by molar-refractivity contribution is 7.92. The molecular formula is C24H25ClN2O4S. The maximum atomic E-state index is 12.6. The Morgan fingerprint density at radius 1 is 1.03 bits per heavy atom. The van der Waals surface area contributed by atoms with Crippen LogP contribution in [-0.2, 0) is 14.8 Å². The van der Waals surface area contributed by atoms with Crippen molar-refractivity contribution in [3.63, 3.8) is 0 Å². The Labute approximate surface area is 193 Å². The number of rotatable bonds is 9. The molecule has 3 aromatic rings. The number of carbonyl (C=O) groups is 1. The minimum atomic E-state index is -3.48. The minimum absolute atomic E-state index is 0.134. The third kappa shape index (κ3) is 6.48. The summed E-state index contributed by atoms with van der Waals surface area (Å²) in [4.78, 5) is 12.6. The Morgan fingerprint density at radius 2 is 1.72 bits per heavy atom. The molecule has 6 nitrogen and oxygen atoms in total. The molecule has 3 aromatic carbocycles. The van der Waals surface area contributed by atoms with E-state index >= 15 is 0 Å². The number of halogens is 1. The second-order valence-electron chi connectivity index (χ2n) is 7.33. The summed E-state index contributed by atoms with van der Waals surface area (Å²) < 4.78 is 31.8. The predicted octanol–water partition coefficient (Wildman–Crippen LogP) is 5.63. The van der Waals surface area contributed by atoms with E-state index in [4.69, 9.17) is 16.3 Å². The molecule has 0 fully saturated rings. The Balaban J connectivity index is 1.66. The summed E-state index contributed by atoms with van der Waals surface area (Å²) in [5.74, 6) is 0.836. The van der Waals surface area contributed by atoms with Crippen molar-refractivity contribution in [2.75, 3.05) is 22.4 Å². The number of amides is 1. The van der Waals surface area contributed by atoms with Crippen LogP contribution in [0.1, 0.15) is 18.4 Å². The van der Waals surface area contributed by atoms with Crippen LogP contribution in [0.5, 0.6) is 11.5 Å². The van der Waals surface area contributed by atoms with Gasteiger partial charge in [0.15, 0.2) is 5.75 Å². The lowest BCUT2D eigenvalue weighted by Crippen LogP contribution is -2.32. The van der Waals surface area contributed by atoms with Gasteiger partial charge in [0, 0.05) is 18.0 Å². The maximum Gasteiger partial charge on any atom is 0.232 e. The summed E-state index contributed by atoms with van der Waals surface area (Å²) in [6.45, 7) is 2.05. The molecule has 3 rings (SSSR count). The molecule has 0 radical (unpaired) electrons. The Bertz CT molecular complexity index is 1180. The molecule has 0 aliphatic heterocycles. The highest BCUT2D eigenvalue weighted by atomic mass is 35.5. The summed E-state index contributed by atoms with van der Waals surface area (Å²) >= 11 is 6.10. The van der Waals surface area contributed by atoms with Gasteiger partial charge in [-0.05, 0) is 55.3 Å². The van der Waals surface area contributed by atoms with Gasteiger partial charge in [-0.3, -0.25) is 9.10 Å². The lowest BCUT2D eigenvalue weighted by atomic mass is 10.2. The zero-order valence-electron chi connectivity index (χ0n) is 17.9. The topological polar surface area (TPSA) is 75.7 Å². The van der Waals surface area contributed by atoms with Gasteiger partial charge in [-0.1, -0.05) is 48.0 Å². The van der Waals surface area contributed by atoms with Crippen molar-refractivity contribution in [3.05, 3.63) is 83.4 Å². The van der Waals surface area contributed by atoms with E-state index in [1.165, 1.54) is 10.6 Å². The Kier molecular flexibility index (Phi) is 7.77. The number of nitrogens with zero attached hydrogens (tertiary/aromatic N) is 1. The number of carbonyl (C=O) groups excluding carboxylic acids is 1. The molecule has 168 valence electrons. The van der Waals surface area contributed by atoms with E-state index in [2.05, 4.69) is 5.32 Å². The summed E-state index contributed by atoms with van der Waals surface area (Å²) in [5, 5.41) is 3.28. The fraction of sp³-hybridized carbons (Fsp3) is 0.208. The van der Waals surface area contributed by atoms with Gasteiger partial charge in [0.05, 0.1) is 17.6 Å². The van der Waals surface area contributed by atoms with E-state index in [-0.39, 0.29) is 18.9 Å². The third-order valence-corrected chi connectivity index (χ3v) is 6.15. The molecule has 1 N–H and O–H groups in total. The van der Waals surface area contributed by atoms with Crippen LogP contribution in [0.4, 0.5) is 11.4 Å². The van der Waals surface area contributed by atoms with Gasteiger partial charge in [0.1, 0.15) is 5.75 Å². The van der Waals surface area contributed by atoms with Crippen molar-refractivity contribution in [1.82, 2.24) is 0 Å². The quantitative estimate of drug-likeness (QED) is 0.438. The molecule has 0 spiro atoms. The first-order chi connectivity index (χ1) is 15.2. The van der Waals surface area contributed by atoms with Crippen LogP contribution in [0, 0.1) is 6.92 Å². The molecule has 0 saturated carbocycles. The molecule has 0 aromatic heterocycles. The van der Waals surface area contributed by atoms with Crippen molar-refractivity contribution >= 4 is 38.9 Å². The second kappa shape index (κ2) is 10.5. The number of anilines is 2. The van der Waals surface area contributed by atoms with Crippen molar-refractivity contribution in [3.8, 4) is 11.5 Å². The molecule has 32 heavy (non-hydrogen) atoms. The van der Waals surface area contributed by atoms with Gasteiger partial charge in [-0.25, -0.2) is 8.42 Å². The number of aryl methyl sites for hydroxylation is 1. The van der Waals surface area contributed by atoms with Gasteiger partial charge in [-0.2, -0.15) is 0 Å². The second-order valence-corrected chi connectivity index (χ2v) is 9.67. The molecule has 0 unspecified atom stereocenters. The number of benzene rings is 3. The zero-order chi connectivity index (χ0) is 23.1. The largest absolute Gasteiger partial charge is 0.455 e. The van der Waals surface area contributed by atoms with Crippen molar-refractivity contribution < 1.29 is 17.9 Å². The van der Waals surface area contributed by atoms with E-state index in [1.807, 2.05) is 49.4 Å². The summed E-state index contributed by atoms with van der Waals surface area (Å²) in [6, 6.07) is 21.5. The van der Waals surface area contributed by atoms with E-state index in [0.717, 1.165) is 5.56 Å². The standard InChI is InChI=1S/C24H25ClN2O4S/c1-18-9-6-7-12-22(18)27(32(2,29)30)16-8-13-24(28)26-21-17-19(25)14-15-23(21)31-20-10-4-3-5-11-20/h3-7,9-12,14-15,17H,8,13,16H2,1-2H3,(H,26,28). The third-order valence-electron chi connectivity index (χ3n) is 4.74. The van der Waals surface area contributed by atoms with Crippen LogP contribution in [0.2, 0.25) is 5.02 Å². The lowest BCUT2D eigenvalue weighted by Gasteiger charge is -2.24.